The molecule has 0 amide bonds. The van der Waals surface area contributed by atoms with Crippen molar-refractivity contribution >= 4 is 0 Å². The molecule has 0 unspecified atom stereocenters. The summed E-state index contributed by atoms with van der Waals surface area (Å²) >= 11 is 0. The maximum atomic E-state index is 9.21. The van der Waals surface area contributed by atoms with Gasteiger partial charge in [0.15, 0.2) is 0 Å². The van der Waals surface area contributed by atoms with Crippen molar-refractivity contribution in [2.24, 2.45) is 0 Å². The Balaban J connectivity index is 2.12. The average Bonchev–Trinajstić information content (AvgIpc) is 3.07. The number of aliphatic hydroxyl groups excluding tert-OH is 1. The molecular formula is C20H21NO3. The molecule has 124 valence electrons. The summed E-state index contributed by atoms with van der Waals surface area (Å²) in [6.45, 7) is 4.21. The van der Waals surface area contributed by atoms with Gasteiger partial charge in [-0.15, -0.1) is 0 Å². The van der Waals surface area contributed by atoms with Gasteiger partial charge in [-0.2, -0.15) is 0 Å². The smallest absolute Gasteiger partial charge is 0.147 e. The van der Waals surface area contributed by atoms with Gasteiger partial charge in [0.2, 0.25) is 0 Å². The van der Waals surface area contributed by atoms with Gasteiger partial charge < -0.3 is 14.4 Å². The van der Waals surface area contributed by atoms with Crippen molar-refractivity contribution in [2.75, 3.05) is 7.11 Å². The van der Waals surface area contributed by atoms with Gasteiger partial charge in [-0.1, -0.05) is 55.4 Å². The second kappa shape index (κ2) is 6.89. The van der Waals surface area contributed by atoms with E-state index in [1.165, 1.54) is 0 Å². The second-order valence-corrected chi connectivity index (χ2v) is 6.01. The first-order chi connectivity index (χ1) is 11.6. The molecule has 0 saturated heterocycles. The fourth-order valence-corrected chi connectivity index (χ4v) is 2.70. The molecular weight excluding hydrogens is 302 g/mol. The van der Waals surface area contributed by atoms with Crippen molar-refractivity contribution in [2.45, 2.75) is 26.4 Å². The van der Waals surface area contributed by atoms with E-state index in [1.807, 2.05) is 48.5 Å². The van der Waals surface area contributed by atoms with E-state index in [4.69, 9.17) is 9.26 Å². The molecule has 0 spiro atoms. The number of aliphatic hydroxyl groups is 1. The molecule has 3 rings (SSSR count). The molecule has 24 heavy (non-hydrogen) atoms. The van der Waals surface area contributed by atoms with Crippen LogP contribution in [0.5, 0.6) is 5.75 Å². The van der Waals surface area contributed by atoms with E-state index in [2.05, 4.69) is 19.0 Å². The van der Waals surface area contributed by atoms with Crippen molar-refractivity contribution in [3.63, 3.8) is 0 Å². The normalized spacial score (nSPS) is 11.0. The highest BCUT2D eigenvalue weighted by Crippen LogP contribution is 2.38. The van der Waals surface area contributed by atoms with E-state index in [0.717, 1.165) is 39.5 Å². The Morgan fingerprint density at radius 2 is 1.62 bits per heavy atom. The molecule has 1 N–H and O–H groups in total. The lowest BCUT2D eigenvalue weighted by Crippen LogP contribution is -1.91. The Morgan fingerprint density at radius 1 is 1.00 bits per heavy atom. The number of hydrogen-bond donors (Lipinski definition) is 1. The highest BCUT2D eigenvalue weighted by molar-refractivity contribution is 5.82. The fraction of sp³-hybridized carbons (Fsp3) is 0.250. The third kappa shape index (κ3) is 3.05. The predicted molar refractivity (Wildman–Crippen MR) is 93.9 cm³/mol. The van der Waals surface area contributed by atoms with Gasteiger partial charge in [0, 0.05) is 11.5 Å². The first-order valence-corrected chi connectivity index (χ1v) is 7.98. The molecule has 4 heteroatoms. The molecule has 0 atom stereocenters. The maximum absolute atomic E-state index is 9.21. The predicted octanol–water partition coefficient (Wildman–Crippen LogP) is 4.63. The van der Waals surface area contributed by atoms with Gasteiger partial charge in [0.25, 0.3) is 0 Å². The van der Waals surface area contributed by atoms with Gasteiger partial charge in [0.05, 0.1) is 19.3 Å². The van der Waals surface area contributed by atoms with Crippen molar-refractivity contribution in [1.82, 2.24) is 5.16 Å². The highest BCUT2D eigenvalue weighted by Gasteiger charge is 2.21. The van der Waals surface area contributed by atoms with Crippen LogP contribution in [0.4, 0.5) is 0 Å². The van der Waals surface area contributed by atoms with Crippen LogP contribution in [0.25, 0.3) is 22.4 Å². The van der Waals surface area contributed by atoms with Crippen LogP contribution >= 0.6 is 0 Å². The van der Waals surface area contributed by atoms with E-state index in [-0.39, 0.29) is 12.5 Å². The zero-order chi connectivity index (χ0) is 17.1. The molecule has 0 aliphatic carbocycles. The zero-order valence-electron chi connectivity index (χ0n) is 14.1. The SMILES string of the molecule is COc1ccc(-c2c(-c3ccc(CO)cc3)noc2C(C)C)cc1. The van der Waals surface area contributed by atoms with Crippen molar-refractivity contribution in [1.29, 1.82) is 0 Å². The van der Waals surface area contributed by atoms with Crippen LogP contribution in [0.15, 0.2) is 53.1 Å². The minimum atomic E-state index is 0.0294. The van der Waals surface area contributed by atoms with Crippen LogP contribution in [0.1, 0.15) is 31.1 Å². The largest absolute Gasteiger partial charge is 0.497 e. The van der Waals surface area contributed by atoms with Crippen LogP contribution in [0, 0.1) is 0 Å². The summed E-state index contributed by atoms with van der Waals surface area (Å²) < 4.78 is 10.9. The van der Waals surface area contributed by atoms with E-state index in [1.54, 1.807) is 7.11 Å². The molecule has 4 nitrogen and oxygen atoms in total. The van der Waals surface area contributed by atoms with Gasteiger partial charge in [-0.3, -0.25) is 0 Å². The number of ether oxygens (including phenoxy) is 1. The van der Waals surface area contributed by atoms with E-state index in [0.29, 0.717) is 0 Å². The molecule has 0 saturated carbocycles. The number of nitrogens with zero attached hydrogens (tertiary/aromatic N) is 1. The fourth-order valence-electron chi connectivity index (χ4n) is 2.70. The standard InChI is InChI=1S/C20H21NO3/c1-13(2)20-18(15-8-10-17(23-3)11-9-15)19(21-24-20)16-6-4-14(12-22)5-7-16/h4-11,13,22H,12H2,1-3H3. The summed E-state index contributed by atoms with van der Waals surface area (Å²) in [7, 11) is 1.65. The average molecular weight is 323 g/mol. The first kappa shape index (κ1) is 16.3. The van der Waals surface area contributed by atoms with E-state index >= 15 is 0 Å². The lowest BCUT2D eigenvalue weighted by Gasteiger charge is -2.08. The Labute approximate surface area is 141 Å². The summed E-state index contributed by atoms with van der Waals surface area (Å²) in [5.41, 5.74) is 4.70. The summed E-state index contributed by atoms with van der Waals surface area (Å²) in [5, 5.41) is 13.5. The molecule has 1 aromatic heterocycles. The van der Waals surface area contributed by atoms with Crippen LogP contribution in [0.3, 0.4) is 0 Å². The second-order valence-electron chi connectivity index (χ2n) is 6.01. The monoisotopic (exact) mass is 323 g/mol. The van der Waals surface area contributed by atoms with Gasteiger partial charge in [-0.05, 0) is 23.3 Å². The van der Waals surface area contributed by atoms with Crippen molar-refractivity contribution < 1.29 is 14.4 Å². The molecule has 0 fully saturated rings. The number of aromatic nitrogens is 1. The summed E-state index contributed by atoms with van der Waals surface area (Å²) in [6.07, 6.45) is 0. The minimum absolute atomic E-state index is 0.0294. The van der Waals surface area contributed by atoms with Crippen molar-refractivity contribution in [3.05, 3.63) is 59.9 Å². The molecule has 2 aromatic carbocycles. The first-order valence-electron chi connectivity index (χ1n) is 7.98. The Morgan fingerprint density at radius 3 is 2.17 bits per heavy atom. The number of methoxy groups -OCH3 is 1. The quantitative estimate of drug-likeness (QED) is 0.743. The van der Waals surface area contributed by atoms with E-state index in [9.17, 15) is 5.11 Å². The Hall–Kier alpha value is -2.59. The third-order valence-electron chi connectivity index (χ3n) is 4.03. The van der Waals surface area contributed by atoms with Gasteiger partial charge in [0.1, 0.15) is 17.2 Å². The van der Waals surface area contributed by atoms with E-state index < -0.39 is 0 Å². The van der Waals surface area contributed by atoms with Crippen LogP contribution in [0.2, 0.25) is 0 Å². The third-order valence-corrected chi connectivity index (χ3v) is 4.03. The van der Waals surface area contributed by atoms with Gasteiger partial charge >= 0.3 is 0 Å². The Kier molecular flexibility index (Phi) is 4.67. The summed E-state index contributed by atoms with van der Waals surface area (Å²) in [5.74, 6) is 1.90. The van der Waals surface area contributed by atoms with Crippen molar-refractivity contribution in [3.8, 4) is 28.1 Å². The van der Waals surface area contributed by atoms with Crippen LogP contribution in [-0.2, 0) is 6.61 Å². The highest BCUT2D eigenvalue weighted by atomic mass is 16.5. The number of hydrogen-bond acceptors (Lipinski definition) is 4. The Bertz CT molecular complexity index is 802. The maximum Gasteiger partial charge on any atom is 0.147 e. The number of benzene rings is 2. The van der Waals surface area contributed by atoms with Crippen LogP contribution in [-0.4, -0.2) is 17.4 Å². The molecule has 0 aliphatic heterocycles. The topological polar surface area (TPSA) is 55.5 Å². The zero-order valence-corrected chi connectivity index (χ0v) is 14.1. The lowest BCUT2D eigenvalue weighted by molar-refractivity contribution is 0.282. The summed E-state index contributed by atoms with van der Waals surface area (Å²) in [6, 6.07) is 15.6. The number of rotatable bonds is 5. The molecule has 0 radical (unpaired) electrons. The van der Waals surface area contributed by atoms with Crippen LogP contribution < -0.4 is 4.74 Å². The lowest BCUT2D eigenvalue weighted by atomic mass is 9.95. The molecule has 0 bridgehead atoms. The van der Waals surface area contributed by atoms with Gasteiger partial charge in [-0.25, -0.2) is 0 Å². The molecule has 1 heterocycles. The summed E-state index contributed by atoms with van der Waals surface area (Å²) in [4.78, 5) is 0. The molecule has 3 aromatic rings. The molecule has 0 aliphatic rings. The minimum Gasteiger partial charge on any atom is -0.497 e.